The molecule has 1 unspecified atom stereocenters. The molecule has 0 fully saturated rings. The van der Waals surface area contributed by atoms with Crippen LogP contribution >= 0.6 is 0 Å². The van der Waals surface area contributed by atoms with Crippen molar-refractivity contribution >= 4 is 18.2 Å². The van der Waals surface area contributed by atoms with E-state index in [1.807, 2.05) is 5.32 Å². The summed E-state index contributed by atoms with van der Waals surface area (Å²) in [5.74, 6) is -0.826. The van der Waals surface area contributed by atoms with Gasteiger partial charge in [0.2, 0.25) is 5.91 Å². The fourth-order valence-corrected chi connectivity index (χ4v) is 0.605. The van der Waals surface area contributed by atoms with E-state index in [9.17, 15) is 9.59 Å². The van der Waals surface area contributed by atoms with E-state index in [1.165, 1.54) is 12.3 Å². The van der Waals surface area contributed by atoms with Gasteiger partial charge >= 0.3 is 6.03 Å². The summed E-state index contributed by atoms with van der Waals surface area (Å²) in [5.41, 5.74) is 0. The Morgan fingerprint density at radius 1 is 1.70 bits per heavy atom. The van der Waals surface area contributed by atoms with Crippen LogP contribution in [0.1, 0.15) is 0 Å². The fraction of sp³-hybridized carbons (Fsp3) is 0.167. The number of nitrogens with zero attached hydrogens (tertiary/aromatic N) is 1. The molecule has 0 aromatic carbocycles. The number of carbonyl (C=O) groups is 2. The molecule has 1 atom stereocenters. The zero-order valence-corrected chi connectivity index (χ0v) is 5.20. The number of hydrogen-bond donors (Lipinski definition) is 1. The second-order valence-electron chi connectivity index (χ2n) is 1.83. The van der Waals surface area contributed by atoms with E-state index < -0.39 is 11.9 Å². The maximum atomic E-state index is 10.7. The zero-order chi connectivity index (χ0) is 7.56. The number of rotatable bonds is 1. The first-order valence-electron chi connectivity index (χ1n) is 2.75. The molecule has 1 rings (SSSR count). The summed E-state index contributed by atoms with van der Waals surface area (Å²) in [7, 11) is 0. The van der Waals surface area contributed by atoms with E-state index in [2.05, 4.69) is 11.6 Å². The predicted molar refractivity (Wildman–Crippen MR) is 35.7 cm³/mol. The number of carbonyl (C=O) groups excluding carboxylic acids is 2. The number of imide groups is 1. The van der Waals surface area contributed by atoms with E-state index in [1.54, 1.807) is 0 Å². The number of hydrogen-bond acceptors (Lipinski definition) is 2. The van der Waals surface area contributed by atoms with Crippen molar-refractivity contribution in [2.45, 2.75) is 0 Å². The topological polar surface area (TPSA) is 58.5 Å². The summed E-state index contributed by atoms with van der Waals surface area (Å²) in [5, 5.41) is 2.03. The Labute approximate surface area is 57.6 Å². The minimum absolute atomic E-state index is 0.366. The van der Waals surface area contributed by atoms with Gasteiger partial charge in [-0.25, -0.2) is 9.79 Å². The average molecular weight is 138 g/mol. The van der Waals surface area contributed by atoms with Crippen LogP contribution < -0.4 is 5.32 Å². The standard InChI is InChI=1S/C6H6N2O2/c1-2-4-3-7-6(10)8-5(4)9/h2-4H,1H2,(H,8,9,10). The lowest BCUT2D eigenvalue weighted by atomic mass is 10.1. The second-order valence-corrected chi connectivity index (χ2v) is 1.83. The van der Waals surface area contributed by atoms with Gasteiger partial charge in [-0.05, 0) is 0 Å². The molecule has 0 radical (unpaired) electrons. The molecule has 52 valence electrons. The molecular formula is C6H6N2O2. The van der Waals surface area contributed by atoms with E-state index in [-0.39, 0.29) is 5.91 Å². The van der Waals surface area contributed by atoms with Gasteiger partial charge in [-0.3, -0.25) is 10.1 Å². The van der Waals surface area contributed by atoms with Gasteiger partial charge in [0.25, 0.3) is 0 Å². The largest absolute Gasteiger partial charge is 0.347 e. The third-order valence-electron chi connectivity index (χ3n) is 1.14. The lowest BCUT2D eigenvalue weighted by Crippen LogP contribution is -2.37. The van der Waals surface area contributed by atoms with Crippen molar-refractivity contribution in [2.75, 3.05) is 0 Å². The smallest absolute Gasteiger partial charge is 0.275 e. The quantitative estimate of drug-likeness (QED) is 0.523. The van der Waals surface area contributed by atoms with Gasteiger partial charge in [0.1, 0.15) is 0 Å². The molecule has 0 aromatic rings. The monoisotopic (exact) mass is 138 g/mol. The molecule has 1 aliphatic rings. The number of urea groups is 1. The molecular weight excluding hydrogens is 132 g/mol. The molecule has 0 bridgehead atoms. The fourth-order valence-electron chi connectivity index (χ4n) is 0.605. The van der Waals surface area contributed by atoms with Crippen molar-refractivity contribution in [1.29, 1.82) is 0 Å². The Kier molecular flexibility index (Phi) is 1.62. The summed E-state index contributed by atoms with van der Waals surface area (Å²) in [6.45, 7) is 3.40. The highest BCUT2D eigenvalue weighted by Gasteiger charge is 2.19. The molecule has 4 heteroatoms. The molecule has 0 aliphatic carbocycles. The maximum absolute atomic E-state index is 10.7. The van der Waals surface area contributed by atoms with Crippen molar-refractivity contribution in [3.63, 3.8) is 0 Å². The van der Waals surface area contributed by atoms with Crippen molar-refractivity contribution in [2.24, 2.45) is 10.9 Å². The Bertz CT molecular complexity index is 220. The lowest BCUT2D eigenvalue weighted by molar-refractivity contribution is -0.120. The average Bonchev–Trinajstić information content (AvgIpc) is 1.88. The molecule has 3 amide bonds. The number of amides is 3. The molecule has 0 spiro atoms. The minimum atomic E-state index is -0.608. The van der Waals surface area contributed by atoms with Crippen molar-refractivity contribution in [1.82, 2.24) is 5.32 Å². The predicted octanol–water partition coefficient (Wildman–Crippen LogP) is 0.109. The van der Waals surface area contributed by atoms with Gasteiger partial charge < -0.3 is 0 Å². The Morgan fingerprint density at radius 2 is 2.40 bits per heavy atom. The molecule has 1 heterocycles. The SMILES string of the molecule is C=CC1C=NC(=O)NC1=O. The maximum Gasteiger partial charge on any atom is 0.347 e. The van der Waals surface area contributed by atoms with Crippen LogP contribution in [0.15, 0.2) is 17.6 Å². The van der Waals surface area contributed by atoms with Crippen molar-refractivity contribution in [3.05, 3.63) is 12.7 Å². The third kappa shape index (κ3) is 1.10. The van der Waals surface area contributed by atoms with Crippen LogP contribution in [0.5, 0.6) is 0 Å². The molecule has 10 heavy (non-hydrogen) atoms. The first-order chi connectivity index (χ1) is 4.74. The Hall–Kier alpha value is -1.45. The molecule has 0 saturated carbocycles. The zero-order valence-electron chi connectivity index (χ0n) is 5.20. The van der Waals surface area contributed by atoms with Gasteiger partial charge in [-0.2, -0.15) is 0 Å². The molecule has 0 saturated heterocycles. The van der Waals surface area contributed by atoms with E-state index >= 15 is 0 Å². The molecule has 0 aromatic heterocycles. The summed E-state index contributed by atoms with van der Waals surface area (Å²) in [4.78, 5) is 24.5. The Balaban J connectivity index is 2.81. The second kappa shape index (κ2) is 2.43. The van der Waals surface area contributed by atoms with Gasteiger partial charge in [0.15, 0.2) is 0 Å². The van der Waals surface area contributed by atoms with E-state index in [4.69, 9.17) is 0 Å². The lowest BCUT2D eigenvalue weighted by Gasteiger charge is -2.09. The normalized spacial score (nSPS) is 24.2. The number of aliphatic imine (C=N–C) groups is 1. The van der Waals surface area contributed by atoms with Gasteiger partial charge in [0, 0.05) is 6.21 Å². The Morgan fingerprint density at radius 3 is 2.90 bits per heavy atom. The summed E-state index contributed by atoms with van der Waals surface area (Å²) in [6.07, 6.45) is 2.69. The van der Waals surface area contributed by atoms with Crippen LogP contribution in [0.25, 0.3) is 0 Å². The van der Waals surface area contributed by atoms with Crippen LogP contribution in [-0.2, 0) is 4.79 Å². The van der Waals surface area contributed by atoms with Gasteiger partial charge in [-0.1, -0.05) is 6.08 Å². The summed E-state index contributed by atoms with van der Waals surface area (Å²) >= 11 is 0. The number of nitrogens with one attached hydrogen (secondary N) is 1. The summed E-state index contributed by atoms with van der Waals surface area (Å²) < 4.78 is 0. The van der Waals surface area contributed by atoms with E-state index in [0.717, 1.165) is 0 Å². The van der Waals surface area contributed by atoms with Gasteiger partial charge in [-0.15, -0.1) is 6.58 Å². The molecule has 1 N–H and O–H groups in total. The highest BCUT2D eigenvalue weighted by molar-refractivity contribution is 6.10. The highest BCUT2D eigenvalue weighted by atomic mass is 16.2. The first-order valence-corrected chi connectivity index (χ1v) is 2.75. The van der Waals surface area contributed by atoms with Crippen molar-refractivity contribution < 1.29 is 9.59 Å². The summed E-state index contributed by atoms with van der Waals surface area (Å²) in [6, 6.07) is -0.608. The van der Waals surface area contributed by atoms with Crippen LogP contribution in [0, 0.1) is 5.92 Å². The molecule has 4 nitrogen and oxygen atoms in total. The third-order valence-corrected chi connectivity index (χ3v) is 1.14. The van der Waals surface area contributed by atoms with Gasteiger partial charge in [0.05, 0.1) is 5.92 Å². The van der Waals surface area contributed by atoms with Crippen LogP contribution in [0.4, 0.5) is 4.79 Å². The van der Waals surface area contributed by atoms with Crippen LogP contribution in [0.2, 0.25) is 0 Å². The first kappa shape index (κ1) is 6.67. The van der Waals surface area contributed by atoms with E-state index in [0.29, 0.717) is 0 Å². The van der Waals surface area contributed by atoms with Crippen molar-refractivity contribution in [3.8, 4) is 0 Å². The van der Waals surface area contributed by atoms with Crippen LogP contribution in [-0.4, -0.2) is 18.2 Å². The van der Waals surface area contributed by atoms with Crippen LogP contribution in [0.3, 0.4) is 0 Å². The molecule has 1 aliphatic heterocycles. The highest BCUT2D eigenvalue weighted by Crippen LogP contribution is 1.98. The minimum Gasteiger partial charge on any atom is -0.275 e.